The Morgan fingerprint density at radius 2 is 1.67 bits per heavy atom. The minimum Gasteiger partial charge on any atom is -0.422 e. The zero-order chi connectivity index (χ0) is 23.8. The molecule has 0 aliphatic heterocycles. The maximum absolute atomic E-state index is 12.9. The van der Waals surface area contributed by atoms with E-state index in [2.05, 4.69) is 28.7 Å². The number of benzene rings is 2. The van der Waals surface area contributed by atoms with E-state index in [4.69, 9.17) is 4.42 Å². The molecule has 9 heteroatoms. The van der Waals surface area contributed by atoms with Gasteiger partial charge in [0.2, 0.25) is 10.0 Å². The average Bonchev–Trinajstić information content (AvgIpc) is 3.23. The Morgan fingerprint density at radius 1 is 0.939 bits per heavy atom. The second-order valence-electron chi connectivity index (χ2n) is 7.70. The summed E-state index contributed by atoms with van der Waals surface area (Å²) >= 11 is 0. The van der Waals surface area contributed by atoms with Crippen LogP contribution >= 0.6 is 0 Å². The number of fused-ring (bicyclic) bond motifs is 2. The van der Waals surface area contributed by atoms with Gasteiger partial charge < -0.3 is 14.3 Å². The molecule has 0 unspecified atom stereocenters. The second kappa shape index (κ2) is 8.99. The van der Waals surface area contributed by atoms with Crippen molar-refractivity contribution >= 4 is 37.7 Å². The Bertz CT molecular complexity index is 1470. The maximum Gasteiger partial charge on any atom is 0.347 e. The lowest BCUT2D eigenvalue weighted by molar-refractivity contribution is 0.445. The molecular formula is C24H28N4O4S. The van der Waals surface area contributed by atoms with Crippen LogP contribution in [0, 0.1) is 0 Å². The molecule has 174 valence electrons. The smallest absolute Gasteiger partial charge is 0.347 e. The first-order valence-corrected chi connectivity index (χ1v) is 12.6. The van der Waals surface area contributed by atoms with Crippen LogP contribution in [0.25, 0.3) is 33.4 Å². The summed E-state index contributed by atoms with van der Waals surface area (Å²) in [5, 5.41) is 0.783. The molecule has 0 aliphatic rings. The van der Waals surface area contributed by atoms with Crippen LogP contribution in [-0.4, -0.2) is 48.9 Å². The van der Waals surface area contributed by atoms with E-state index in [1.54, 1.807) is 32.0 Å². The summed E-state index contributed by atoms with van der Waals surface area (Å²) in [5.74, 6) is 0.339. The number of nitrogens with one attached hydrogen (secondary N) is 1. The molecule has 1 N–H and O–H groups in total. The number of nitrogens with zero attached hydrogens (tertiary/aromatic N) is 3. The fourth-order valence-corrected chi connectivity index (χ4v) is 5.52. The summed E-state index contributed by atoms with van der Waals surface area (Å²) in [5.41, 5.74) is 2.40. The molecule has 33 heavy (non-hydrogen) atoms. The molecule has 2 heterocycles. The van der Waals surface area contributed by atoms with Gasteiger partial charge in [0.1, 0.15) is 17.0 Å². The molecule has 8 nitrogen and oxygen atoms in total. The summed E-state index contributed by atoms with van der Waals surface area (Å²) in [6.45, 7) is 10.2. The van der Waals surface area contributed by atoms with Crippen LogP contribution in [0.1, 0.15) is 27.7 Å². The van der Waals surface area contributed by atoms with Gasteiger partial charge in [-0.1, -0.05) is 13.8 Å². The van der Waals surface area contributed by atoms with Crippen molar-refractivity contribution in [1.29, 1.82) is 0 Å². The molecule has 0 fully saturated rings. The molecule has 2 aromatic carbocycles. The fourth-order valence-electron chi connectivity index (χ4n) is 4.04. The van der Waals surface area contributed by atoms with Gasteiger partial charge >= 0.3 is 5.63 Å². The predicted octanol–water partition coefficient (Wildman–Crippen LogP) is 4.21. The highest BCUT2D eigenvalue weighted by Crippen LogP contribution is 2.27. The number of H-pyrrole nitrogens is 1. The summed E-state index contributed by atoms with van der Waals surface area (Å²) in [4.78, 5) is 22.7. The summed E-state index contributed by atoms with van der Waals surface area (Å²) in [6.07, 6.45) is 0. The Hall–Kier alpha value is -3.17. The molecule has 0 amide bonds. The van der Waals surface area contributed by atoms with Crippen molar-refractivity contribution in [3.63, 3.8) is 0 Å². The van der Waals surface area contributed by atoms with Crippen LogP contribution in [0.15, 0.2) is 56.6 Å². The van der Waals surface area contributed by atoms with E-state index in [1.165, 1.54) is 10.4 Å². The molecule has 0 saturated carbocycles. The molecule has 0 spiro atoms. The van der Waals surface area contributed by atoms with Gasteiger partial charge in [-0.25, -0.2) is 18.2 Å². The van der Waals surface area contributed by atoms with Gasteiger partial charge in [-0.15, -0.1) is 0 Å². The van der Waals surface area contributed by atoms with Crippen molar-refractivity contribution in [3.05, 3.63) is 52.9 Å². The monoisotopic (exact) mass is 468 g/mol. The zero-order valence-corrected chi connectivity index (χ0v) is 20.1. The lowest BCUT2D eigenvalue weighted by Gasteiger charge is -2.20. The van der Waals surface area contributed by atoms with Gasteiger partial charge in [-0.3, -0.25) is 0 Å². The topological polar surface area (TPSA) is 99.5 Å². The molecule has 0 atom stereocenters. The highest BCUT2D eigenvalue weighted by atomic mass is 32.2. The first-order chi connectivity index (χ1) is 15.8. The van der Waals surface area contributed by atoms with Crippen molar-refractivity contribution in [3.8, 4) is 11.4 Å². The van der Waals surface area contributed by atoms with E-state index < -0.39 is 15.6 Å². The molecule has 0 aliphatic carbocycles. The highest BCUT2D eigenvalue weighted by Gasteiger charge is 2.22. The Kier molecular flexibility index (Phi) is 6.27. The molecule has 4 rings (SSSR count). The predicted molar refractivity (Wildman–Crippen MR) is 131 cm³/mol. The second-order valence-corrected chi connectivity index (χ2v) is 9.63. The minimum atomic E-state index is -3.60. The summed E-state index contributed by atoms with van der Waals surface area (Å²) < 4.78 is 32.7. The lowest BCUT2D eigenvalue weighted by atomic mass is 10.1. The van der Waals surface area contributed by atoms with Crippen LogP contribution in [0.2, 0.25) is 0 Å². The molecule has 0 bridgehead atoms. The quantitative estimate of drug-likeness (QED) is 0.389. The van der Waals surface area contributed by atoms with E-state index in [0.717, 1.165) is 24.2 Å². The molecule has 0 saturated heterocycles. The number of imidazole rings is 1. The van der Waals surface area contributed by atoms with Crippen molar-refractivity contribution < 1.29 is 12.8 Å². The number of hydrogen-bond acceptors (Lipinski definition) is 6. The third-order valence-electron chi connectivity index (χ3n) is 5.90. The minimum absolute atomic E-state index is 0.184. The average molecular weight is 469 g/mol. The van der Waals surface area contributed by atoms with E-state index in [0.29, 0.717) is 41.1 Å². The summed E-state index contributed by atoms with van der Waals surface area (Å²) in [6, 6.07) is 12.3. The van der Waals surface area contributed by atoms with Gasteiger partial charge in [0.15, 0.2) is 0 Å². The summed E-state index contributed by atoms with van der Waals surface area (Å²) in [7, 11) is -3.60. The van der Waals surface area contributed by atoms with Crippen LogP contribution in [-0.2, 0) is 10.0 Å². The third-order valence-corrected chi connectivity index (χ3v) is 7.95. The van der Waals surface area contributed by atoms with Crippen LogP contribution in [0.5, 0.6) is 0 Å². The van der Waals surface area contributed by atoms with E-state index in [1.807, 2.05) is 18.2 Å². The fraction of sp³-hybridized carbons (Fsp3) is 0.333. The highest BCUT2D eigenvalue weighted by molar-refractivity contribution is 7.89. The third kappa shape index (κ3) is 4.14. The van der Waals surface area contributed by atoms with Crippen molar-refractivity contribution in [2.45, 2.75) is 32.6 Å². The van der Waals surface area contributed by atoms with Gasteiger partial charge in [0.05, 0.1) is 15.9 Å². The van der Waals surface area contributed by atoms with Crippen LogP contribution in [0.4, 0.5) is 5.69 Å². The number of aromatic amines is 1. The van der Waals surface area contributed by atoms with Crippen molar-refractivity contribution in [1.82, 2.24) is 14.3 Å². The van der Waals surface area contributed by atoms with Gasteiger partial charge in [-0.2, -0.15) is 4.31 Å². The molecule has 2 aromatic heterocycles. The number of hydrogen-bond donors (Lipinski definition) is 1. The standard InChI is InChI=1S/C24H28N4O4S/c1-5-27(6-2)17-10-9-16-13-19(24(29)32-22(16)14-17)23-25-20-12-11-18(15-21(20)26-23)33(30,31)28(7-3)8-4/h9-15H,5-8H2,1-4H3,(H,25,26). The van der Waals surface area contributed by atoms with Crippen molar-refractivity contribution in [2.24, 2.45) is 0 Å². The molecule has 0 radical (unpaired) electrons. The Morgan fingerprint density at radius 3 is 2.33 bits per heavy atom. The Balaban J connectivity index is 1.77. The van der Waals surface area contributed by atoms with E-state index in [-0.39, 0.29) is 4.90 Å². The zero-order valence-electron chi connectivity index (χ0n) is 19.3. The maximum atomic E-state index is 12.9. The number of anilines is 1. The molecule has 4 aromatic rings. The van der Waals surface area contributed by atoms with Crippen molar-refractivity contribution in [2.75, 3.05) is 31.1 Å². The van der Waals surface area contributed by atoms with E-state index >= 15 is 0 Å². The van der Waals surface area contributed by atoms with Gasteiger partial charge in [-0.05, 0) is 50.2 Å². The lowest BCUT2D eigenvalue weighted by Crippen LogP contribution is -2.30. The Labute approximate surface area is 192 Å². The van der Waals surface area contributed by atoms with Gasteiger partial charge in [0.25, 0.3) is 0 Å². The number of aromatic nitrogens is 2. The van der Waals surface area contributed by atoms with E-state index in [9.17, 15) is 13.2 Å². The normalized spacial score (nSPS) is 12.2. The first kappa shape index (κ1) is 23.0. The first-order valence-electron chi connectivity index (χ1n) is 11.1. The largest absolute Gasteiger partial charge is 0.422 e. The van der Waals surface area contributed by atoms with Gasteiger partial charge in [0, 0.05) is 43.3 Å². The van der Waals surface area contributed by atoms with Crippen LogP contribution < -0.4 is 10.5 Å². The molecular weight excluding hydrogens is 440 g/mol. The number of rotatable bonds is 8. The number of sulfonamides is 1. The van der Waals surface area contributed by atoms with Crippen LogP contribution in [0.3, 0.4) is 0 Å². The SMILES string of the molecule is CCN(CC)c1ccc2cc(-c3nc4ccc(S(=O)(=O)N(CC)CC)cc4[nH]3)c(=O)oc2c1.